The molecule has 3 rings (SSSR count). The number of piperidine rings is 1. The molecule has 0 saturated carbocycles. The molecule has 0 aromatic carbocycles. The Morgan fingerprint density at radius 2 is 2.10 bits per heavy atom. The molecule has 21 heavy (non-hydrogen) atoms. The van der Waals surface area contributed by atoms with E-state index in [2.05, 4.69) is 25.4 Å². The Hall–Kier alpha value is -0.730. The SMILES string of the molecule is Cl.Cl.NCc1nc(CN2CCC(c3nccs3)CC2)no1. The van der Waals surface area contributed by atoms with Crippen molar-refractivity contribution in [1.29, 1.82) is 0 Å². The van der Waals surface area contributed by atoms with E-state index in [4.69, 9.17) is 10.3 Å². The zero-order valence-corrected chi connectivity index (χ0v) is 13.9. The number of halogens is 2. The van der Waals surface area contributed by atoms with Gasteiger partial charge in [0.1, 0.15) is 0 Å². The molecule has 0 spiro atoms. The molecule has 0 amide bonds. The van der Waals surface area contributed by atoms with Gasteiger partial charge in [-0.3, -0.25) is 4.90 Å². The van der Waals surface area contributed by atoms with Crippen LogP contribution in [0.2, 0.25) is 0 Å². The van der Waals surface area contributed by atoms with Gasteiger partial charge in [0.2, 0.25) is 5.89 Å². The number of nitrogens with zero attached hydrogens (tertiary/aromatic N) is 4. The molecule has 2 aromatic rings. The Labute approximate surface area is 139 Å². The van der Waals surface area contributed by atoms with Crippen LogP contribution in [0.3, 0.4) is 0 Å². The molecule has 1 aliphatic rings. The monoisotopic (exact) mass is 351 g/mol. The van der Waals surface area contributed by atoms with Gasteiger partial charge in [0, 0.05) is 17.5 Å². The van der Waals surface area contributed by atoms with Gasteiger partial charge in [-0.15, -0.1) is 36.2 Å². The smallest absolute Gasteiger partial charge is 0.240 e. The van der Waals surface area contributed by atoms with Crippen LogP contribution >= 0.6 is 36.2 Å². The van der Waals surface area contributed by atoms with E-state index < -0.39 is 0 Å². The van der Waals surface area contributed by atoms with E-state index in [-0.39, 0.29) is 24.8 Å². The van der Waals surface area contributed by atoms with Crippen molar-refractivity contribution in [1.82, 2.24) is 20.0 Å². The molecular formula is C12H19Cl2N5OS. The third kappa shape index (κ3) is 4.62. The minimum absolute atomic E-state index is 0. The molecule has 2 aromatic heterocycles. The van der Waals surface area contributed by atoms with Gasteiger partial charge in [0.25, 0.3) is 0 Å². The fourth-order valence-corrected chi connectivity index (χ4v) is 3.22. The van der Waals surface area contributed by atoms with Gasteiger partial charge in [-0.2, -0.15) is 4.98 Å². The summed E-state index contributed by atoms with van der Waals surface area (Å²) < 4.78 is 5.01. The summed E-state index contributed by atoms with van der Waals surface area (Å²) in [5.41, 5.74) is 5.45. The van der Waals surface area contributed by atoms with Crippen LogP contribution in [0.1, 0.15) is 35.5 Å². The van der Waals surface area contributed by atoms with E-state index in [1.165, 1.54) is 5.01 Å². The second-order valence-electron chi connectivity index (χ2n) is 4.73. The molecule has 0 atom stereocenters. The number of nitrogens with two attached hydrogens (primary N) is 1. The first-order valence-corrected chi connectivity index (χ1v) is 7.36. The summed E-state index contributed by atoms with van der Waals surface area (Å²) >= 11 is 1.76. The Morgan fingerprint density at radius 1 is 1.33 bits per heavy atom. The molecule has 1 fully saturated rings. The lowest BCUT2D eigenvalue weighted by atomic mass is 9.97. The van der Waals surface area contributed by atoms with Crippen molar-refractivity contribution in [3.8, 4) is 0 Å². The first-order chi connectivity index (χ1) is 9.35. The molecule has 0 unspecified atom stereocenters. The zero-order valence-electron chi connectivity index (χ0n) is 11.5. The molecule has 1 aliphatic heterocycles. The van der Waals surface area contributed by atoms with E-state index >= 15 is 0 Å². The predicted octanol–water partition coefficient (Wildman–Crippen LogP) is 2.21. The van der Waals surface area contributed by atoms with Gasteiger partial charge in [-0.25, -0.2) is 4.98 Å². The number of thiazole rings is 1. The Morgan fingerprint density at radius 3 is 2.67 bits per heavy atom. The van der Waals surface area contributed by atoms with Crippen LogP contribution in [0.4, 0.5) is 0 Å². The van der Waals surface area contributed by atoms with E-state index in [0.717, 1.165) is 38.3 Å². The molecule has 1 saturated heterocycles. The lowest BCUT2D eigenvalue weighted by Crippen LogP contribution is -2.32. The van der Waals surface area contributed by atoms with E-state index in [1.54, 1.807) is 11.3 Å². The highest BCUT2D eigenvalue weighted by atomic mass is 35.5. The number of likely N-dealkylation sites (tertiary alicyclic amines) is 1. The van der Waals surface area contributed by atoms with E-state index in [1.807, 2.05) is 6.20 Å². The van der Waals surface area contributed by atoms with Crippen LogP contribution in [0.5, 0.6) is 0 Å². The standard InChI is InChI=1S/C12H17N5OS.2ClH/c13-7-11-15-10(16-18-11)8-17-4-1-9(2-5-17)12-14-3-6-19-12;;/h3,6,9H,1-2,4-5,7-8,13H2;2*1H. The molecule has 0 aliphatic carbocycles. The van der Waals surface area contributed by atoms with Crippen LogP contribution in [-0.2, 0) is 13.1 Å². The van der Waals surface area contributed by atoms with Crippen LogP contribution in [0, 0.1) is 0 Å². The van der Waals surface area contributed by atoms with Crippen LogP contribution in [0.15, 0.2) is 16.1 Å². The largest absolute Gasteiger partial charge is 0.338 e. The van der Waals surface area contributed by atoms with Gasteiger partial charge < -0.3 is 10.3 Å². The lowest BCUT2D eigenvalue weighted by Gasteiger charge is -2.29. The van der Waals surface area contributed by atoms with Gasteiger partial charge in [0.05, 0.1) is 18.1 Å². The van der Waals surface area contributed by atoms with Crippen molar-refractivity contribution in [2.45, 2.75) is 31.8 Å². The summed E-state index contributed by atoms with van der Waals surface area (Å²) in [6.07, 6.45) is 4.18. The Bertz CT molecular complexity index is 513. The summed E-state index contributed by atoms with van der Waals surface area (Å²) in [4.78, 5) is 11.0. The van der Waals surface area contributed by atoms with Crippen molar-refractivity contribution in [2.24, 2.45) is 5.73 Å². The fraction of sp³-hybridized carbons (Fsp3) is 0.583. The quantitative estimate of drug-likeness (QED) is 0.909. The maximum Gasteiger partial charge on any atom is 0.240 e. The highest BCUT2D eigenvalue weighted by Crippen LogP contribution is 2.29. The zero-order chi connectivity index (χ0) is 13.1. The number of aromatic nitrogens is 3. The molecule has 2 N–H and O–H groups in total. The number of hydrogen-bond acceptors (Lipinski definition) is 7. The fourth-order valence-electron chi connectivity index (χ4n) is 2.41. The van der Waals surface area contributed by atoms with E-state index in [9.17, 15) is 0 Å². The van der Waals surface area contributed by atoms with Gasteiger partial charge in [0.15, 0.2) is 5.82 Å². The van der Waals surface area contributed by atoms with Crippen molar-refractivity contribution >= 4 is 36.2 Å². The molecule has 6 nitrogen and oxygen atoms in total. The molecular weight excluding hydrogens is 333 g/mol. The van der Waals surface area contributed by atoms with Crippen LogP contribution in [0.25, 0.3) is 0 Å². The van der Waals surface area contributed by atoms with Crippen molar-refractivity contribution < 1.29 is 4.52 Å². The van der Waals surface area contributed by atoms with Crippen LogP contribution < -0.4 is 5.73 Å². The van der Waals surface area contributed by atoms with Crippen LogP contribution in [-0.4, -0.2) is 33.1 Å². The minimum Gasteiger partial charge on any atom is -0.338 e. The van der Waals surface area contributed by atoms with Crippen molar-refractivity contribution in [2.75, 3.05) is 13.1 Å². The second kappa shape index (κ2) is 8.65. The Kier molecular flexibility index (Phi) is 7.55. The van der Waals surface area contributed by atoms with Crippen molar-refractivity contribution in [3.05, 3.63) is 28.3 Å². The first kappa shape index (κ1) is 18.3. The summed E-state index contributed by atoms with van der Waals surface area (Å²) in [5, 5.41) is 7.25. The molecule has 3 heterocycles. The third-order valence-electron chi connectivity index (χ3n) is 3.44. The van der Waals surface area contributed by atoms with Crippen molar-refractivity contribution in [3.63, 3.8) is 0 Å². The van der Waals surface area contributed by atoms with Gasteiger partial charge >= 0.3 is 0 Å². The highest BCUT2D eigenvalue weighted by Gasteiger charge is 2.23. The third-order valence-corrected chi connectivity index (χ3v) is 4.38. The second-order valence-corrected chi connectivity index (χ2v) is 5.66. The molecule has 118 valence electrons. The maximum atomic E-state index is 5.45. The minimum atomic E-state index is 0. The van der Waals surface area contributed by atoms with E-state index in [0.29, 0.717) is 18.4 Å². The average molecular weight is 352 g/mol. The Balaban J connectivity index is 0.00000110. The van der Waals surface area contributed by atoms with Gasteiger partial charge in [-0.05, 0) is 25.9 Å². The summed E-state index contributed by atoms with van der Waals surface area (Å²) in [7, 11) is 0. The summed E-state index contributed by atoms with van der Waals surface area (Å²) in [6, 6.07) is 0. The topological polar surface area (TPSA) is 81.1 Å². The molecule has 0 bridgehead atoms. The first-order valence-electron chi connectivity index (χ1n) is 6.48. The summed E-state index contributed by atoms with van der Waals surface area (Å²) in [5.74, 6) is 1.85. The molecule has 9 heteroatoms. The van der Waals surface area contributed by atoms with Gasteiger partial charge in [-0.1, -0.05) is 5.16 Å². The molecule has 0 radical (unpaired) electrons. The average Bonchev–Trinajstić information content (AvgIpc) is 3.10. The highest BCUT2D eigenvalue weighted by molar-refractivity contribution is 7.09. The normalized spacial score (nSPS) is 16.2. The predicted molar refractivity (Wildman–Crippen MR) is 86.1 cm³/mol. The summed E-state index contributed by atoms with van der Waals surface area (Å²) in [6.45, 7) is 3.15. The maximum absolute atomic E-state index is 5.45. The number of hydrogen-bond donors (Lipinski definition) is 1. The lowest BCUT2D eigenvalue weighted by molar-refractivity contribution is 0.197. The number of rotatable bonds is 4.